The molecule has 1 aromatic carbocycles. The number of carbonyl (C=O) groups is 2. The van der Waals surface area contributed by atoms with Crippen molar-refractivity contribution in [2.75, 3.05) is 5.32 Å². The Morgan fingerprint density at radius 1 is 1.22 bits per heavy atom. The summed E-state index contributed by atoms with van der Waals surface area (Å²) < 4.78 is 0. The molecule has 18 heavy (non-hydrogen) atoms. The summed E-state index contributed by atoms with van der Waals surface area (Å²) in [6.45, 7) is 0. The maximum atomic E-state index is 12.0. The van der Waals surface area contributed by atoms with E-state index in [0.29, 0.717) is 5.69 Å². The van der Waals surface area contributed by atoms with Crippen molar-refractivity contribution in [2.45, 2.75) is 32.1 Å². The zero-order valence-electron chi connectivity index (χ0n) is 10.3. The lowest BCUT2D eigenvalue weighted by atomic mass is 10.1. The Balaban J connectivity index is 2.07. The first-order valence-electron chi connectivity index (χ1n) is 6.34. The first-order chi connectivity index (χ1) is 8.66. The number of rotatable bonds is 4. The molecule has 96 valence electrons. The van der Waals surface area contributed by atoms with E-state index in [1.54, 1.807) is 0 Å². The van der Waals surface area contributed by atoms with Crippen LogP contribution >= 0.6 is 0 Å². The second-order valence-electron chi connectivity index (χ2n) is 4.77. The fraction of sp³-hybridized carbons (Fsp3) is 0.429. The number of anilines is 1. The first kappa shape index (κ1) is 12.6. The first-order valence-corrected chi connectivity index (χ1v) is 6.34. The van der Waals surface area contributed by atoms with Crippen LogP contribution in [-0.4, -0.2) is 11.8 Å². The van der Waals surface area contributed by atoms with E-state index in [0.717, 1.165) is 31.2 Å². The van der Waals surface area contributed by atoms with Crippen molar-refractivity contribution in [1.82, 2.24) is 0 Å². The van der Waals surface area contributed by atoms with E-state index in [9.17, 15) is 9.59 Å². The van der Waals surface area contributed by atoms with Crippen LogP contribution in [0.25, 0.3) is 0 Å². The van der Waals surface area contributed by atoms with Crippen LogP contribution in [0.5, 0.6) is 0 Å². The molecule has 0 radical (unpaired) electrons. The molecule has 2 amide bonds. The second kappa shape index (κ2) is 5.67. The van der Waals surface area contributed by atoms with Gasteiger partial charge in [-0.15, -0.1) is 0 Å². The van der Waals surface area contributed by atoms with E-state index in [2.05, 4.69) is 5.32 Å². The summed E-state index contributed by atoms with van der Waals surface area (Å²) in [5, 5.41) is 2.91. The molecule has 0 bridgehead atoms. The molecule has 0 spiro atoms. The van der Waals surface area contributed by atoms with Crippen LogP contribution in [0, 0.1) is 5.92 Å². The minimum atomic E-state index is -0.391. The third-order valence-electron chi connectivity index (χ3n) is 3.37. The normalized spacial score (nSPS) is 15.6. The van der Waals surface area contributed by atoms with Gasteiger partial charge in [0, 0.05) is 11.6 Å². The number of hydrogen-bond donors (Lipinski definition) is 2. The Bertz CT molecular complexity index is 451. The van der Waals surface area contributed by atoms with Crippen LogP contribution in [-0.2, 0) is 16.0 Å². The van der Waals surface area contributed by atoms with Gasteiger partial charge in [-0.2, -0.15) is 0 Å². The summed E-state index contributed by atoms with van der Waals surface area (Å²) in [7, 11) is 0. The maximum Gasteiger partial charge on any atom is 0.227 e. The Kier molecular flexibility index (Phi) is 3.97. The summed E-state index contributed by atoms with van der Waals surface area (Å²) in [6.07, 6.45) is 4.33. The lowest BCUT2D eigenvalue weighted by Gasteiger charge is -2.13. The topological polar surface area (TPSA) is 72.2 Å². The van der Waals surface area contributed by atoms with E-state index in [-0.39, 0.29) is 18.2 Å². The molecule has 3 N–H and O–H groups in total. The zero-order valence-corrected chi connectivity index (χ0v) is 10.3. The van der Waals surface area contributed by atoms with Crippen molar-refractivity contribution >= 4 is 17.5 Å². The highest BCUT2D eigenvalue weighted by atomic mass is 16.2. The van der Waals surface area contributed by atoms with Crippen LogP contribution < -0.4 is 11.1 Å². The van der Waals surface area contributed by atoms with Crippen LogP contribution in [0.1, 0.15) is 31.2 Å². The fourth-order valence-electron chi connectivity index (χ4n) is 2.41. The molecule has 0 aromatic heterocycles. The predicted molar refractivity (Wildman–Crippen MR) is 69.9 cm³/mol. The van der Waals surface area contributed by atoms with E-state index in [1.165, 1.54) is 0 Å². The number of benzene rings is 1. The van der Waals surface area contributed by atoms with Gasteiger partial charge in [0.15, 0.2) is 0 Å². The second-order valence-corrected chi connectivity index (χ2v) is 4.77. The van der Waals surface area contributed by atoms with Gasteiger partial charge in [-0.1, -0.05) is 31.0 Å². The Labute approximate surface area is 107 Å². The van der Waals surface area contributed by atoms with Crippen LogP contribution in [0.2, 0.25) is 0 Å². The van der Waals surface area contributed by atoms with E-state index in [4.69, 9.17) is 5.73 Å². The monoisotopic (exact) mass is 246 g/mol. The molecule has 0 atom stereocenters. The third-order valence-corrected chi connectivity index (χ3v) is 3.37. The Morgan fingerprint density at radius 3 is 2.56 bits per heavy atom. The van der Waals surface area contributed by atoms with Gasteiger partial charge in [0.2, 0.25) is 11.8 Å². The van der Waals surface area contributed by atoms with Crippen LogP contribution in [0.4, 0.5) is 5.69 Å². The fourth-order valence-corrected chi connectivity index (χ4v) is 2.41. The van der Waals surface area contributed by atoms with Crippen molar-refractivity contribution in [3.05, 3.63) is 29.8 Å². The minimum Gasteiger partial charge on any atom is -0.369 e. The highest BCUT2D eigenvalue weighted by Crippen LogP contribution is 2.26. The van der Waals surface area contributed by atoms with Gasteiger partial charge in [-0.25, -0.2) is 0 Å². The average Bonchev–Trinajstić information content (AvgIpc) is 2.84. The minimum absolute atomic E-state index is 0.0596. The molecule has 1 aliphatic rings. The number of amides is 2. The molecular weight excluding hydrogens is 228 g/mol. The Morgan fingerprint density at radius 2 is 1.89 bits per heavy atom. The summed E-state index contributed by atoms with van der Waals surface area (Å²) in [4.78, 5) is 23.0. The number of primary amides is 1. The van der Waals surface area contributed by atoms with Crippen molar-refractivity contribution in [1.29, 1.82) is 0 Å². The largest absolute Gasteiger partial charge is 0.369 e. The van der Waals surface area contributed by atoms with Gasteiger partial charge in [0.1, 0.15) is 0 Å². The lowest BCUT2D eigenvalue weighted by Crippen LogP contribution is -2.22. The lowest BCUT2D eigenvalue weighted by molar-refractivity contribution is -0.120. The molecule has 1 saturated carbocycles. The summed E-state index contributed by atoms with van der Waals surface area (Å²) in [5.74, 6) is -0.214. The highest BCUT2D eigenvalue weighted by molar-refractivity contribution is 5.94. The molecule has 1 fully saturated rings. The summed E-state index contributed by atoms with van der Waals surface area (Å²) in [6, 6.07) is 7.30. The van der Waals surface area contributed by atoms with E-state index >= 15 is 0 Å². The highest BCUT2D eigenvalue weighted by Gasteiger charge is 2.23. The zero-order chi connectivity index (χ0) is 13.0. The molecule has 4 nitrogen and oxygen atoms in total. The van der Waals surface area contributed by atoms with Gasteiger partial charge in [-0.05, 0) is 24.5 Å². The van der Waals surface area contributed by atoms with Gasteiger partial charge in [0.05, 0.1) is 6.42 Å². The molecule has 0 heterocycles. The smallest absolute Gasteiger partial charge is 0.227 e. The maximum absolute atomic E-state index is 12.0. The van der Waals surface area contributed by atoms with Gasteiger partial charge in [0.25, 0.3) is 0 Å². The average molecular weight is 246 g/mol. The van der Waals surface area contributed by atoms with E-state index in [1.807, 2.05) is 24.3 Å². The number of carbonyl (C=O) groups excluding carboxylic acids is 2. The van der Waals surface area contributed by atoms with Gasteiger partial charge >= 0.3 is 0 Å². The number of para-hydroxylation sites is 1. The predicted octanol–water partition coefficient (Wildman–Crippen LogP) is 1.84. The van der Waals surface area contributed by atoms with Crippen molar-refractivity contribution in [3.8, 4) is 0 Å². The molecule has 0 unspecified atom stereocenters. The van der Waals surface area contributed by atoms with E-state index < -0.39 is 5.91 Å². The van der Waals surface area contributed by atoms with Crippen molar-refractivity contribution < 1.29 is 9.59 Å². The number of hydrogen-bond acceptors (Lipinski definition) is 2. The summed E-state index contributed by atoms with van der Waals surface area (Å²) >= 11 is 0. The van der Waals surface area contributed by atoms with Gasteiger partial charge < -0.3 is 11.1 Å². The molecule has 0 aliphatic heterocycles. The van der Waals surface area contributed by atoms with Crippen LogP contribution in [0.15, 0.2) is 24.3 Å². The standard InChI is InChI=1S/C14H18N2O2/c15-13(17)9-11-7-3-4-8-12(11)16-14(18)10-5-1-2-6-10/h3-4,7-8,10H,1-2,5-6,9H2,(H2,15,17)(H,16,18). The van der Waals surface area contributed by atoms with Crippen LogP contribution in [0.3, 0.4) is 0 Å². The molecule has 4 heteroatoms. The molecule has 1 aromatic rings. The molecular formula is C14H18N2O2. The van der Waals surface area contributed by atoms with Crippen molar-refractivity contribution in [2.24, 2.45) is 11.7 Å². The molecule has 2 rings (SSSR count). The number of nitrogens with two attached hydrogens (primary N) is 1. The van der Waals surface area contributed by atoms with Crippen molar-refractivity contribution in [3.63, 3.8) is 0 Å². The molecule has 0 saturated heterocycles. The molecule has 1 aliphatic carbocycles. The third kappa shape index (κ3) is 3.09. The Hall–Kier alpha value is -1.84. The quantitative estimate of drug-likeness (QED) is 0.850. The van der Waals surface area contributed by atoms with Gasteiger partial charge in [-0.3, -0.25) is 9.59 Å². The SMILES string of the molecule is NC(=O)Cc1ccccc1NC(=O)C1CCCC1. The summed E-state index contributed by atoms with van der Waals surface area (Å²) in [5.41, 5.74) is 6.67. The number of nitrogens with one attached hydrogen (secondary N) is 1.